The smallest absolute Gasteiger partial charge is 0.0332 e. The highest BCUT2D eigenvalue weighted by atomic mass is 32.2. The Hall–Kier alpha value is 0.270. The van der Waals surface area contributed by atoms with Crippen LogP contribution in [0.2, 0.25) is 0 Å². The fourth-order valence-corrected chi connectivity index (χ4v) is 4.85. The van der Waals surface area contributed by atoms with Crippen LogP contribution < -0.4 is 5.73 Å². The molecule has 0 radical (unpaired) electrons. The molecule has 0 saturated heterocycles. The van der Waals surface area contributed by atoms with Gasteiger partial charge >= 0.3 is 0 Å². The van der Waals surface area contributed by atoms with Crippen LogP contribution >= 0.6 is 11.8 Å². The predicted molar refractivity (Wildman–Crippen MR) is 98.0 cm³/mol. The van der Waals surface area contributed by atoms with E-state index in [0.29, 0.717) is 11.5 Å². The first kappa shape index (κ1) is 19.3. The molecule has 1 unspecified atom stereocenters. The molecule has 0 aliphatic heterocycles. The van der Waals surface area contributed by atoms with Gasteiger partial charge in [-0.15, -0.1) is 0 Å². The van der Waals surface area contributed by atoms with Crippen molar-refractivity contribution in [1.29, 1.82) is 0 Å². The van der Waals surface area contributed by atoms with Gasteiger partial charge in [-0.2, -0.15) is 11.8 Å². The topological polar surface area (TPSA) is 29.3 Å². The number of thioether (sulfide) groups is 1. The molecule has 1 aliphatic carbocycles. The maximum Gasteiger partial charge on any atom is 0.0332 e. The fourth-order valence-electron chi connectivity index (χ4n) is 4.01. The van der Waals surface area contributed by atoms with Crippen molar-refractivity contribution in [3.8, 4) is 0 Å². The minimum Gasteiger partial charge on any atom is -0.329 e. The minimum absolute atomic E-state index is 0.247. The zero-order valence-electron chi connectivity index (χ0n) is 15.2. The van der Waals surface area contributed by atoms with E-state index in [1.165, 1.54) is 44.3 Å². The number of nitrogens with two attached hydrogens (primary N) is 1. The third kappa shape index (κ3) is 4.39. The first-order valence-electron chi connectivity index (χ1n) is 8.78. The van der Waals surface area contributed by atoms with E-state index < -0.39 is 0 Å². The van der Waals surface area contributed by atoms with Crippen molar-refractivity contribution >= 4 is 11.8 Å². The summed E-state index contributed by atoms with van der Waals surface area (Å²) in [5.41, 5.74) is 7.00. The van der Waals surface area contributed by atoms with Gasteiger partial charge in [0, 0.05) is 23.9 Å². The van der Waals surface area contributed by atoms with Crippen molar-refractivity contribution in [3.63, 3.8) is 0 Å². The first-order valence-corrected chi connectivity index (χ1v) is 10.2. The van der Waals surface area contributed by atoms with Crippen molar-refractivity contribution in [2.45, 2.75) is 77.8 Å². The zero-order chi connectivity index (χ0) is 16.1. The molecule has 1 aliphatic rings. The molecule has 0 amide bonds. The Labute approximate surface area is 137 Å². The van der Waals surface area contributed by atoms with E-state index in [1.54, 1.807) is 0 Å². The van der Waals surface area contributed by atoms with Crippen LogP contribution in [0.15, 0.2) is 0 Å². The standard InChI is InChI=1S/C18H38N2S/c1-7-16(13-21-6)20(5)18(14-19)11-9-15(10-12-18)17(3,4)8-2/h15-16H,7-14,19H2,1-6H3. The van der Waals surface area contributed by atoms with Crippen LogP contribution in [0.1, 0.15) is 66.2 Å². The maximum absolute atomic E-state index is 6.27. The summed E-state index contributed by atoms with van der Waals surface area (Å²) in [6.07, 6.45) is 9.97. The normalized spacial score (nSPS) is 28.9. The second-order valence-corrected chi connectivity index (χ2v) is 8.58. The zero-order valence-corrected chi connectivity index (χ0v) is 16.1. The number of hydrogen-bond donors (Lipinski definition) is 1. The SMILES string of the molecule is CCC(CSC)N(C)C1(CN)CCC(C(C)(C)CC)CC1. The summed E-state index contributed by atoms with van der Waals surface area (Å²) in [5, 5.41) is 0. The lowest BCUT2D eigenvalue weighted by atomic mass is 9.65. The van der Waals surface area contributed by atoms with Crippen molar-refractivity contribution < 1.29 is 0 Å². The number of likely N-dealkylation sites (N-methyl/N-ethyl adjacent to an activating group) is 1. The van der Waals surface area contributed by atoms with Gasteiger partial charge in [0.15, 0.2) is 0 Å². The Balaban J connectivity index is 2.76. The highest BCUT2D eigenvalue weighted by molar-refractivity contribution is 7.98. The van der Waals surface area contributed by atoms with Gasteiger partial charge in [-0.1, -0.05) is 34.1 Å². The average Bonchev–Trinajstić information content (AvgIpc) is 2.51. The second kappa shape index (κ2) is 8.21. The summed E-state index contributed by atoms with van der Waals surface area (Å²) >= 11 is 1.96. The molecule has 126 valence electrons. The van der Waals surface area contributed by atoms with Crippen LogP contribution in [0.4, 0.5) is 0 Å². The molecule has 0 heterocycles. The van der Waals surface area contributed by atoms with Crippen LogP contribution in [-0.4, -0.2) is 42.1 Å². The van der Waals surface area contributed by atoms with Gasteiger partial charge in [-0.05, 0) is 56.7 Å². The van der Waals surface area contributed by atoms with Gasteiger partial charge in [0.05, 0.1) is 0 Å². The van der Waals surface area contributed by atoms with Gasteiger partial charge in [-0.25, -0.2) is 0 Å². The highest BCUT2D eigenvalue weighted by Crippen LogP contribution is 2.45. The molecule has 0 aromatic rings. The van der Waals surface area contributed by atoms with Crippen molar-refractivity contribution in [2.75, 3.05) is 25.6 Å². The van der Waals surface area contributed by atoms with E-state index >= 15 is 0 Å². The van der Waals surface area contributed by atoms with Gasteiger partial charge in [-0.3, -0.25) is 4.90 Å². The largest absolute Gasteiger partial charge is 0.329 e. The molecule has 3 heteroatoms. The maximum atomic E-state index is 6.27. The minimum atomic E-state index is 0.247. The average molecular weight is 315 g/mol. The van der Waals surface area contributed by atoms with Crippen LogP contribution in [0, 0.1) is 11.3 Å². The Kier molecular flexibility index (Phi) is 7.56. The van der Waals surface area contributed by atoms with Gasteiger partial charge in [0.2, 0.25) is 0 Å². The summed E-state index contributed by atoms with van der Waals surface area (Å²) in [7, 11) is 2.32. The summed E-state index contributed by atoms with van der Waals surface area (Å²) in [6, 6.07) is 0.666. The number of nitrogens with zero attached hydrogens (tertiary/aromatic N) is 1. The lowest BCUT2D eigenvalue weighted by Gasteiger charge is -2.51. The van der Waals surface area contributed by atoms with E-state index in [9.17, 15) is 0 Å². The quantitative estimate of drug-likeness (QED) is 0.721. The molecule has 0 aromatic carbocycles. The van der Waals surface area contributed by atoms with E-state index in [1.807, 2.05) is 11.8 Å². The van der Waals surface area contributed by atoms with E-state index in [4.69, 9.17) is 5.73 Å². The molecule has 21 heavy (non-hydrogen) atoms. The Morgan fingerprint density at radius 3 is 2.24 bits per heavy atom. The van der Waals surface area contributed by atoms with Gasteiger partial charge < -0.3 is 5.73 Å². The van der Waals surface area contributed by atoms with Crippen molar-refractivity contribution in [1.82, 2.24) is 4.90 Å². The molecule has 1 fully saturated rings. The molecule has 1 atom stereocenters. The molecule has 2 nitrogen and oxygen atoms in total. The molecule has 0 bridgehead atoms. The molecular weight excluding hydrogens is 276 g/mol. The third-order valence-corrected chi connectivity index (χ3v) is 7.16. The summed E-state index contributed by atoms with van der Waals surface area (Å²) < 4.78 is 0. The van der Waals surface area contributed by atoms with Crippen LogP contribution in [0.3, 0.4) is 0 Å². The van der Waals surface area contributed by atoms with E-state index in [0.717, 1.165) is 12.5 Å². The second-order valence-electron chi connectivity index (χ2n) is 7.67. The van der Waals surface area contributed by atoms with Crippen LogP contribution in [-0.2, 0) is 0 Å². The number of hydrogen-bond acceptors (Lipinski definition) is 3. The van der Waals surface area contributed by atoms with Crippen LogP contribution in [0.5, 0.6) is 0 Å². The summed E-state index contributed by atoms with van der Waals surface area (Å²) in [6.45, 7) is 10.3. The molecule has 2 N–H and O–H groups in total. The summed E-state index contributed by atoms with van der Waals surface area (Å²) in [5.74, 6) is 2.09. The molecule has 0 aromatic heterocycles. The van der Waals surface area contributed by atoms with E-state index in [-0.39, 0.29) is 5.54 Å². The van der Waals surface area contributed by atoms with E-state index in [2.05, 4.69) is 45.9 Å². The molecule has 0 spiro atoms. The highest BCUT2D eigenvalue weighted by Gasteiger charge is 2.42. The van der Waals surface area contributed by atoms with Gasteiger partial charge in [0.25, 0.3) is 0 Å². The Morgan fingerprint density at radius 2 is 1.86 bits per heavy atom. The summed E-state index contributed by atoms with van der Waals surface area (Å²) in [4.78, 5) is 2.64. The van der Waals surface area contributed by atoms with Crippen LogP contribution in [0.25, 0.3) is 0 Å². The van der Waals surface area contributed by atoms with Crippen molar-refractivity contribution in [2.24, 2.45) is 17.1 Å². The Bertz CT molecular complexity index is 296. The lowest BCUT2D eigenvalue weighted by molar-refractivity contribution is 0.0119. The Morgan fingerprint density at radius 1 is 1.29 bits per heavy atom. The first-order chi connectivity index (χ1) is 9.86. The predicted octanol–water partition coefficient (Wildman–Crippen LogP) is 4.38. The fraction of sp³-hybridized carbons (Fsp3) is 1.00. The molecule has 1 saturated carbocycles. The van der Waals surface area contributed by atoms with Crippen molar-refractivity contribution in [3.05, 3.63) is 0 Å². The molecular formula is C18H38N2S. The molecule has 1 rings (SSSR count). The lowest BCUT2D eigenvalue weighted by Crippen LogP contribution is -2.58. The monoisotopic (exact) mass is 314 g/mol. The number of rotatable bonds is 8. The van der Waals surface area contributed by atoms with Gasteiger partial charge in [0.1, 0.15) is 0 Å². The third-order valence-electron chi connectivity index (χ3n) is 6.44.